The van der Waals surface area contributed by atoms with Crippen LogP contribution in [0, 0.1) is 0 Å². The van der Waals surface area contributed by atoms with Gasteiger partial charge in [-0.1, -0.05) is 22.5 Å². The Hall–Kier alpha value is -2.96. The van der Waals surface area contributed by atoms with Gasteiger partial charge >= 0.3 is 0 Å². The molecule has 2 aromatic heterocycles. The zero-order valence-electron chi connectivity index (χ0n) is 17.7. The van der Waals surface area contributed by atoms with Crippen LogP contribution < -0.4 is 0 Å². The molecule has 0 aliphatic rings. The fourth-order valence-corrected chi connectivity index (χ4v) is 2.17. The van der Waals surface area contributed by atoms with Crippen molar-refractivity contribution in [1.29, 1.82) is 0 Å². The van der Waals surface area contributed by atoms with Crippen molar-refractivity contribution in [3.8, 4) is 0 Å². The Morgan fingerprint density at radius 3 is 3.00 bits per heavy atom. The van der Waals surface area contributed by atoms with Gasteiger partial charge in [0, 0.05) is 19.2 Å². The fraction of sp³-hybridized carbons (Fsp3) is 0.214. The second kappa shape index (κ2) is 6.21. The van der Waals surface area contributed by atoms with Gasteiger partial charge in [0.1, 0.15) is 5.69 Å². The zero-order valence-corrected chi connectivity index (χ0v) is 11.7. The van der Waals surface area contributed by atoms with E-state index in [9.17, 15) is 0 Å². The molecule has 0 saturated heterocycles. The number of nitrogens with zero attached hydrogens (tertiary/aromatic N) is 7. The van der Waals surface area contributed by atoms with Gasteiger partial charge in [-0.25, -0.2) is 4.68 Å². The van der Waals surface area contributed by atoms with E-state index in [0.29, 0.717) is 18.8 Å². The second-order valence-corrected chi connectivity index (χ2v) is 4.78. The Morgan fingerprint density at radius 1 is 1.32 bits per heavy atom. The Kier molecular flexibility index (Phi) is 3.03. The summed E-state index contributed by atoms with van der Waals surface area (Å²) < 4.78 is 31.6. The van der Waals surface area contributed by atoms with Crippen molar-refractivity contribution in [3.05, 3.63) is 63.9 Å². The molecule has 0 aliphatic carbocycles. The molecule has 0 atom stereocenters. The van der Waals surface area contributed by atoms with Gasteiger partial charge in [0.15, 0.2) is 0 Å². The highest BCUT2D eigenvalue weighted by Gasteiger charge is 2.03. The largest absolute Gasteiger partial charge is 0.390 e. The van der Waals surface area contributed by atoms with Gasteiger partial charge in [-0.15, -0.1) is 5.10 Å². The van der Waals surface area contributed by atoms with Crippen LogP contribution in [0.2, 0.25) is 0 Å². The standard InChI is InChI=1S/C14H13N7O.3H2/c15-19-16-6-10-1-4-14-11(5-10)2-3-12(17-14)7-21-8-13(9-22)18-20-21;;;/h1-5,8,22H,6-7,9H2;3*1H/i;3*1+2T. The van der Waals surface area contributed by atoms with E-state index in [1.165, 1.54) is 0 Å². The van der Waals surface area contributed by atoms with Crippen LogP contribution in [0.1, 0.15) is 25.9 Å². The smallest absolute Gasteiger partial charge is 0.108 e. The van der Waals surface area contributed by atoms with Crippen LogP contribution in [0.15, 0.2) is 41.6 Å². The first-order valence-electron chi connectivity index (χ1n) is 9.68. The first-order chi connectivity index (χ1) is 13.8. The van der Waals surface area contributed by atoms with Gasteiger partial charge in [-0.2, -0.15) is 0 Å². The average Bonchev–Trinajstić information content (AvgIpc) is 3.24. The molecule has 0 fully saturated rings. The molecule has 0 saturated carbocycles. The maximum Gasteiger partial charge on any atom is 0.108 e. The number of aliphatic hydroxyl groups excluding tert-OH is 1. The molecule has 0 radical (unpaired) electrons. The van der Waals surface area contributed by atoms with Crippen LogP contribution in [0.25, 0.3) is 21.3 Å². The number of benzene rings is 1. The third kappa shape index (κ3) is 3.03. The fourth-order valence-electron chi connectivity index (χ4n) is 2.17. The normalized spacial score (nSPS) is 11.7. The van der Waals surface area contributed by atoms with Crippen LogP contribution >= 0.6 is 0 Å². The summed E-state index contributed by atoms with van der Waals surface area (Å²) in [4.78, 5) is 7.33. The van der Waals surface area contributed by atoms with Crippen LogP contribution in [0.4, 0.5) is 0 Å². The van der Waals surface area contributed by atoms with Crippen molar-refractivity contribution < 1.29 is 14.0 Å². The molecule has 3 aromatic rings. The molecule has 0 unspecified atom stereocenters. The summed E-state index contributed by atoms with van der Waals surface area (Å²) in [7, 11) is 0. The maximum absolute atomic E-state index is 8.98. The van der Waals surface area contributed by atoms with E-state index in [-0.39, 0.29) is 6.61 Å². The van der Waals surface area contributed by atoms with E-state index in [2.05, 4.69) is 25.3 Å². The van der Waals surface area contributed by atoms with Gasteiger partial charge in [-0.3, -0.25) is 4.98 Å². The molecule has 2 heterocycles. The van der Waals surface area contributed by atoms with Crippen LogP contribution in [0.3, 0.4) is 0 Å². The molecular formula is C14H19N7O. The van der Waals surface area contributed by atoms with Crippen molar-refractivity contribution >= 4 is 10.9 Å². The van der Waals surface area contributed by atoms with Gasteiger partial charge in [0.05, 0.1) is 37.1 Å². The van der Waals surface area contributed by atoms with Crippen LogP contribution in [-0.2, 0) is 19.7 Å². The maximum atomic E-state index is 8.98. The number of aliphatic hydroxyl groups is 1. The van der Waals surface area contributed by atoms with Crippen LogP contribution in [0.5, 0.6) is 0 Å². The summed E-state index contributed by atoms with van der Waals surface area (Å²) in [6.45, 7) is 0.694. The molecule has 0 amide bonds. The summed E-state index contributed by atoms with van der Waals surface area (Å²) in [5.41, 5.74) is 11.5. The first kappa shape index (κ1) is 10.7. The predicted molar refractivity (Wildman–Crippen MR) is 86.0 cm³/mol. The Morgan fingerprint density at radius 2 is 2.23 bits per heavy atom. The lowest BCUT2D eigenvalue weighted by molar-refractivity contribution is 0.276. The molecule has 22 heavy (non-hydrogen) atoms. The Bertz CT molecular complexity index is 872. The van der Waals surface area contributed by atoms with Gasteiger partial charge in [0.2, 0.25) is 0 Å². The first-order valence-corrected chi connectivity index (χ1v) is 6.68. The van der Waals surface area contributed by atoms with E-state index in [1.54, 1.807) is 10.9 Å². The van der Waals surface area contributed by atoms with Gasteiger partial charge in [-0.05, 0) is 29.3 Å². The summed E-state index contributed by atoms with van der Waals surface area (Å²) in [5, 5.41) is 21.3. The van der Waals surface area contributed by atoms with E-state index in [4.69, 9.17) is 19.5 Å². The molecule has 3 rings (SSSR count). The lowest BCUT2D eigenvalue weighted by atomic mass is 10.1. The van der Waals surface area contributed by atoms with E-state index >= 15 is 0 Å². The lowest BCUT2D eigenvalue weighted by Gasteiger charge is -2.04. The highest BCUT2D eigenvalue weighted by atomic mass is 16.3. The van der Waals surface area contributed by atoms with Gasteiger partial charge in [0.25, 0.3) is 0 Å². The summed E-state index contributed by atoms with van der Waals surface area (Å²) >= 11 is 0. The molecule has 0 aliphatic heterocycles. The topological polar surface area (TPSA) is 113 Å². The number of aromatic nitrogens is 4. The third-order valence-corrected chi connectivity index (χ3v) is 3.20. The highest BCUT2D eigenvalue weighted by Crippen LogP contribution is 2.16. The number of hydrogen-bond acceptors (Lipinski definition) is 5. The van der Waals surface area contributed by atoms with Crippen LogP contribution in [-0.4, -0.2) is 25.1 Å². The van der Waals surface area contributed by atoms with Crippen molar-refractivity contribution in [1.82, 2.24) is 20.0 Å². The second-order valence-electron chi connectivity index (χ2n) is 4.78. The highest BCUT2D eigenvalue weighted by molar-refractivity contribution is 5.79. The minimum absolute atomic E-state index is 0.126. The Balaban J connectivity index is 0.00000111. The summed E-state index contributed by atoms with van der Waals surface area (Å²) in [5.74, 6) is 0. The van der Waals surface area contributed by atoms with E-state index in [0.717, 1.165) is 22.2 Å². The molecule has 8 heteroatoms. The van der Waals surface area contributed by atoms with Crippen molar-refractivity contribution in [3.63, 3.8) is 0 Å². The molecule has 8 nitrogen and oxygen atoms in total. The quantitative estimate of drug-likeness (QED) is 0.443. The third-order valence-electron chi connectivity index (χ3n) is 3.20. The molecule has 0 spiro atoms. The average molecular weight is 313 g/mol. The minimum Gasteiger partial charge on any atom is -0.390 e. The number of hydrogen-bond donors (Lipinski definition) is 1. The number of azide groups is 1. The van der Waals surface area contributed by atoms with E-state index in [1.807, 2.05) is 30.3 Å². The summed E-state index contributed by atoms with van der Waals surface area (Å²) in [6, 6.07) is 9.65. The monoisotopic (exact) mass is 313 g/mol. The molecule has 1 N–H and O–H groups in total. The SMILES string of the molecule is [3H][3H].[3H][3H].[3H][3H].[N-]=[N+]=NCc1ccc2nc(Cn3cc(CO)nn3)ccc2c1. The Labute approximate surface area is 134 Å². The van der Waals surface area contributed by atoms with Crippen molar-refractivity contribution in [2.45, 2.75) is 19.7 Å². The van der Waals surface area contributed by atoms with E-state index < -0.39 is 0 Å². The number of fused-ring (bicyclic) bond motifs is 1. The molecule has 0 bridgehead atoms. The zero-order chi connectivity index (χ0) is 21.4. The number of rotatable bonds is 5. The minimum atomic E-state index is -0.126. The predicted octanol–water partition coefficient (Wildman–Crippen LogP) is 2.92. The van der Waals surface area contributed by atoms with Gasteiger partial charge < -0.3 is 5.11 Å². The van der Waals surface area contributed by atoms with Crippen molar-refractivity contribution in [2.75, 3.05) is 0 Å². The summed E-state index contributed by atoms with van der Waals surface area (Å²) in [6.07, 6.45) is 1.69. The molecule has 116 valence electrons. The lowest BCUT2D eigenvalue weighted by Crippen LogP contribution is -2.02. The molecule has 1 aromatic carbocycles. The van der Waals surface area contributed by atoms with Crippen molar-refractivity contribution in [2.24, 2.45) is 5.11 Å². The number of pyridine rings is 1. The molecular weight excluding hydrogens is 282 g/mol.